The second-order valence-corrected chi connectivity index (χ2v) is 14.1. The normalized spacial score (nSPS) is 12.8. The summed E-state index contributed by atoms with van der Waals surface area (Å²) < 4.78 is 0. The molecule has 0 amide bonds. The van der Waals surface area contributed by atoms with Crippen molar-refractivity contribution in [2.45, 2.75) is 212 Å². The first kappa shape index (κ1) is 39.9. The minimum absolute atomic E-state index is 0.360. The van der Waals surface area contributed by atoms with Gasteiger partial charge in [0.1, 0.15) is 5.75 Å². The third-order valence-electron chi connectivity index (χ3n) is 10.1. The zero-order valence-corrected chi connectivity index (χ0v) is 29.8. The number of unbranched alkanes of at least 4 members (excludes halogenated alkanes) is 12. The fraction of sp³-hybridized carbons (Fsp3) is 0.846. The summed E-state index contributed by atoms with van der Waals surface area (Å²) in [6.07, 6.45) is 25.9. The van der Waals surface area contributed by atoms with E-state index in [0.717, 1.165) is 145 Å². The molecule has 0 aliphatic carbocycles. The lowest BCUT2D eigenvalue weighted by molar-refractivity contribution is 0.304. The van der Waals surface area contributed by atoms with Gasteiger partial charge in [-0.3, -0.25) is 0 Å². The Kier molecular flexibility index (Phi) is 20.1. The van der Waals surface area contributed by atoms with E-state index in [-0.39, 0.29) is 0 Å². The molecule has 0 atom stereocenters. The first-order chi connectivity index (χ1) is 20.6. The molecule has 0 aromatic heterocycles. The summed E-state index contributed by atoms with van der Waals surface area (Å²) in [5.74, 6) is 0.360. The van der Waals surface area contributed by atoms with E-state index in [1.54, 1.807) is 0 Å². The summed E-state index contributed by atoms with van der Waals surface area (Å²) in [6, 6.07) is 4.49. The van der Waals surface area contributed by atoms with Gasteiger partial charge in [0.05, 0.1) is 0 Å². The summed E-state index contributed by atoms with van der Waals surface area (Å²) in [6.45, 7) is 13.5. The van der Waals surface area contributed by atoms with Crippen molar-refractivity contribution >= 4 is 0 Å². The number of benzene rings is 1. The molecule has 0 radical (unpaired) electrons. The molecule has 0 bridgehead atoms. The number of hydrogen-bond donors (Lipinski definition) is 4. The van der Waals surface area contributed by atoms with Crippen LogP contribution in [-0.2, 0) is 16.6 Å². The van der Waals surface area contributed by atoms with E-state index in [1.165, 1.54) is 25.7 Å². The van der Waals surface area contributed by atoms with Gasteiger partial charge in [0.15, 0.2) is 0 Å². The summed E-state index contributed by atoms with van der Waals surface area (Å²) in [4.78, 5) is 0. The van der Waals surface area contributed by atoms with E-state index < -0.39 is 16.6 Å². The minimum Gasteiger partial charge on any atom is -0.507 e. The van der Waals surface area contributed by atoms with Crippen LogP contribution in [0, 0.1) is 0 Å². The Bertz CT molecular complexity index is 770. The van der Waals surface area contributed by atoms with Crippen molar-refractivity contribution in [2.24, 2.45) is 17.2 Å². The van der Waals surface area contributed by atoms with Gasteiger partial charge in [0.25, 0.3) is 0 Å². The van der Waals surface area contributed by atoms with Crippen molar-refractivity contribution in [2.75, 3.05) is 0 Å². The van der Waals surface area contributed by atoms with Crippen LogP contribution in [0.3, 0.4) is 0 Å². The van der Waals surface area contributed by atoms with Gasteiger partial charge in [0.2, 0.25) is 0 Å². The Balaban J connectivity index is 3.95. The lowest BCUT2D eigenvalue weighted by Gasteiger charge is -2.39. The quantitative estimate of drug-likeness (QED) is 0.0754. The van der Waals surface area contributed by atoms with Gasteiger partial charge >= 0.3 is 0 Å². The van der Waals surface area contributed by atoms with E-state index in [2.05, 4.69) is 53.7 Å². The zero-order chi connectivity index (χ0) is 32.2. The van der Waals surface area contributed by atoms with Gasteiger partial charge in [-0.15, -0.1) is 0 Å². The van der Waals surface area contributed by atoms with Crippen LogP contribution in [0.15, 0.2) is 12.1 Å². The van der Waals surface area contributed by atoms with Gasteiger partial charge in [-0.1, -0.05) is 157 Å². The molecule has 7 N–H and O–H groups in total. The van der Waals surface area contributed by atoms with Crippen LogP contribution in [0.25, 0.3) is 0 Å². The highest BCUT2D eigenvalue weighted by Gasteiger charge is 2.38. The molecule has 0 fully saturated rings. The monoisotopic (exact) mass is 602 g/mol. The second kappa shape index (κ2) is 21.6. The number of nitrogens with two attached hydrogens (primary N) is 3. The fourth-order valence-electron chi connectivity index (χ4n) is 7.03. The van der Waals surface area contributed by atoms with Gasteiger partial charge < -0.3 is 22.3 Å². The van der Waals surface area contributed by atoms with Crippen LogP contribution < -0.4 is 17.2 Å². The molecule has 1 rings (SSSR count). The maximum Gasteiger partial charge on any atom is 0.125 e. The first-order valence-electron chi connectivity index (χ1n) is 18.9. The molecule has 0 aliphatic rings. The molecule has 0 heterocycles. The van der Waals surface area contributed by atoms with E-state index in [9.17, 15) is 5.11 Å². The van der Waals surface area contributed by atoms with Crippen LogP contribution in [0.4, 0.5) is 0 Å². The molecule has 4 nitrogen and oxygen atoms in total. The van der Waals surface area contributed by atoms with Crippen molar-refractivity contribution < 1.29 is 5.11 Å². The zero-order valence-electron chi connectivity index (χ0n) is 29.8. The molecule has 1 aromatic carbocycles. The van der Waals surface area contributed by atoms with Gasteiger partial charge in [-0.2, -0.15) is 0 Å². The van der Waals surface area contributed by atoms with Gasteiger partial charge in [0, 0.05) is 27.7 Å². The molecular formula is C39H75N3O. The van der Waals surface area contributed by atoms with E-state index in [0.29, 0.717) is 5.75 Å². The standard InChI is InChI=1S/C39H75N3O/c1-7-13-19-25-37(40,26-20-14-8-2)33-31-34(38(41,27-21-15-9-3)28-22-16-10-4)36(43)35(32-33)39(42,29-23-17-11-5)30-24-18-12-6/h31-32,43H,7-30,40-42H2,1-6H3. The minimum atomic E-state index is -0.583. The highest BCUT2D eigenvalue weighted by atomic mass is 16.3. The molecule has 0 unspecified atom stereocenters. The smallest absolute Gasteiger partial charge is 0.125 e. The Morgan fingerprint density at radius 1 is 0.419 bits per heavy atom. The summed E-state index contributed by atoms with van der Waals surface area (Å²) >= 11 is 0. The van der Waals surface area contributed by atoms with Crippen LogP contribution in [0.1, 0.15) is 212 Å². The average Bonchev–Trinajstić information content (AvgIpc) is 2.98. The summed E-state index contributed by atoms with van der Waals surface area (Å²) in [5, 5.41) is 12.3. The van der Waals surface area contributed by atoms with E-state index in [1.807, 2.05) is 0 Å². The van der Waals surface area contributed by atoms with Crippen molar-refractivity contribution in [1.29, 1.82) is 0 Å². The Morgan fingerprint density at radius 3 is 0.884 bits per heavy atom. The molecule has 4 heteroatoms. The van der Waals surface area contributed by atoms with Crippen LogP contribution >= 0.6 is 0 Å². The first-order valence-corrected chi connectivity index (χ1v) is 18.9. The van der Waals surface area contributed by atoms with Crippen molar-refractivity contribution in [1.82, 2.24) is 0 Å². The fourth-order valence-corrected chi connectivity index (χ4v) is 7.03. The maximum atomic E-state index is 12.3. The molecule has 0 aliphatic heterocycles. The van der Waals surface area contributed by atoms with Crippen molar-refractivity contribution in [3.63, 3.8) is 0 Å². The lowest BCUT2D eigenvalue weighted by Crippen LogP contribution is -2.42. The molecular weight excluding hydrogens is 526 g/mol. The highest BCUT2D eigenvalue weighted by Crippen LogP contribution is 2.46. The molecule has 0 saturated heterocycles. The summed E-state index contributed by atoms with van der Waals surface area (Å²) in [5.41, 5.74) is 23.8. The number of hydrogen-bond acceptors (Lipinski definition) is 4. The van der Waals surface area contributed by atoms with Crippen molar-refractivity contribution in [3.8, 4) is 5.75 Å². The van der Waals surface area contributed by atoms with E-state index >= 15 is 0 Å². The topological polar surface area (TPSA) is 98.3 Å². The SMILES string of the molecule is CCCCCC(N)(CCCCC)c1cc(C(N)(CCCCC)CCCCC)c(O)c(C(N)(CCCCC)CCCCC)c1. The third kappa shape index (κ3) is 13.0. The van der Waals surface area contributed by atoms with Gasteiger partial charge in [-0.25, -0.2) is 0 Å². The Labute approximate surface area is 268 Å². The number of phenols is 1. The summed E-state index contributed by atoms with van der Waals surface area (Å²) in [7, 11) is 0. The second-order valence-electron chi connectivity index (χ2n) is 14.1. The Hall–Kier alpha value is -1.10. The third-order valence-corrected chi connectivity index (χ3v) is 10.1. The van der Waals surface area contributed by atoms with Crippen molar-refractivity contribution in [3.05, 3.63) is 28.8 Å². The van der Waals surface area contributed by atoms with Crippen LogP contribution in [0.2, 0.25) is 0 Å². The number of rotatable bonds is 27. The molecule has 1 aromatic rings. The average molecular weight is 602 g/mol. The number of phenolic OH excluding ortho intramolecular Hbond substituents is 1. The predicted molar refractivity (Wildman–Crippen MR) is 191 cm³/mol. The molecule has 252 valence electrons. The van der Waals surface area contributed by atoms with E-state index in [4.69, 9.17) is 17.2 Å². The molecule has 0 spiro atoms. The highest BCUT2D eigenvalue weighted by molar-refractivity contribution is 5.52. The van der Waals surface area contributed by atoms with Crippen LogP contribution in [0.5, 0.6) is 5.75 Å². The lowest BCUT2D eigenvalue weighted by atomic mass is 9.71. The largest absolute Gasteiger partial charge is 0.507 e. The van der Waals surface area contributed by atoms with Gasteiger partial charge in [-0.05, 0) is 56.2 Å². The predicted octanol–water partition coefficient (Wildman–Crippen LogP) is 11.3. The Morgan fingerprint density at radius 2 is 0.651 bits per heavy atom. The molecule has 43 heavy (non-hydrogen) atoms. The molecule has 0 saturated carbocycles. The maximum absolute atomic E-state index is 12.3. The number of aromatic hydroxyl groups is 1. The van der Waals surface area contributed by atoms with Crippen LogP contribution in [-0.4, -0.2) is 5.11 Å².